The molecule has 0 aliphatic heterocycles. The van der Waals surface area contributed by atoms with E-state index in [9.17, 15) is 9.59 Å². The Morgan fingerprint density at radius 1 is 1.00 bits per heavy atom. The SMILES string of the molecule is CCC(CCC(C)C)C(=O)O.CCOC(=O)CC(C)C. The molecule has 0 saturated carbocycles. The molecule has 0 spiro atoms. The zero-order valence-corrected chi connectivity index (χ0v) is 13.9. The molecular weight excluding hydrogens is 256 g/mol. The highest BCUT2D eigenvalue weighted by atomic mass is 16.5. The van der Waals surface area contributed by atoms with Gasteiger partial charge in [0.05, 0.1) is 12.5 Å². The van der Waals surface area contributed by atoms with Gasteiger partial charge in [0.2, 0.25) is 0 Å². The van der Waals surface area contributed by atoms with Crippen molar-refractivity contribution in [2.75, 3.05) is 6.61 Å². The van der Waals surface area contributed by atoms with E-state index in [1.165, 1.54) is 0 Å². The zero-order chi connectivity index (χ0) is 16.1. The fourth-order valence-corrected chi connectivity index (χ4v) is 1.59. The van der Waals surface area contributed by atoms with Crippen molar-refractivity contribution in [1.29, 1.82) is 0 Å². The van der Waals surface area contributed by atoms with Crippen LogP contribution in [-0.4, -0.2) is 23.7 Å². The Labute approximate surface area is 123 Å². The van der Waals surface area contributed by atoms with Gasteiger partial charge in [-0.25, -0.2) is 0 Å². The van der Waals surface area contributed by atoms with Gasteiger partial charge in [0.15, 0.2) is 0 Å². The number of carboxylic acids is 1. The molecule has 0 saturated heterocycles. The van der Waals surface area contributed by atoms with E-state index in [0.29, 0.717) is 24.9 Å². The Hall–Kier alpha value is -1.06. The maximum Gasteiger partial charge on any atom is 0.306 e. The minimum Gasteiger partial charge on any atom is -0.481 e. The molecule has 1 atom stereocenters. The number of carbonyl (C=O) groups is 2. The summed E-state index contributed by atoms with van der Waals surface area (Å²) in [6.45, 7) is 12.5. The van der Waals surface area contributed by atoms with Crippen LogP contribution < -0.4 is 0 Å². The van der Waals surface area contributed by atoms with Gasteiger partial charge in [-0.3, -0.25) is 9.59 Å². The van der Waals surface area contributed by atoms with Crippen molar-refractivity contribution in [3.63, 3.8) is 0 Å². The van der Waals surface area contributed by atoms with Crippen LogP contribution in [0.15, 0.2) is 0 Å². The van der Waals surface area contributed by atoms with Gasteiger partial charge < -0.3 is 9.84 Å². The fourth-order valence-electron chi connectivity index (χ4n) is 1.59. The molecule has 4 nitrogen and oxygen atoms in total. The first kappa shape index (κ1) is 21.2. The predicted molar refractivity (Wildman–Crippen MR) is 81.6 cm³/mol. The number of rotatable bonds is 8. The summed E-state index contributed by atoms with van der Waals surface area (Å²) in [6.07, 6.45) is 3.13. The Balaban J connectivity index is 0. The molecule has 0 aliphatic carbocycles. The zero-order valence-electron chi connectivity index (χ0n) is 13.9. The van der Waals surface area contributed by atoms with Crippen molar-refractivity contribution in [3.8, 4) is 0 Å². The molecule has 0 amide bonds. The molecule has 0 aromatic rings. The lowest BCUT2D eigenvalue weighted by molar-refractivity contribution is -0.144. The topological polar surface area (TPSA) is 63.6 Å². The molecule has 0 bridgehead atoms. The van der Waals surface area contributed by atoms with Gasteiger partial charge in [-0.15, -0.1) is 0 Å². The summed E-state index contributed by atoms with van der Waals surface area (Å²) in [5, 5.41) is 8.69. The number of hydrogen-bond donors (Lipinski definition) is 1. The molecule has 0 fully saturated rings. The first-order valence-corrected chi connectivity index (χ1v) is 7.62. The third-order valence-electron chi connectivity index (χ3n) is 2.81. The van der Waals surface area contributed by atoms with E-state index < -0.39 is 5.97 Å². The molecule has 1 unspecified atom stereocenters. The molecule has 0 aliphatic rings. The minimum atomic E-state index is -0.645. The Kier molecular flexibility index (Phi) is 13.8. The van der Waals surface area contributed by atoms with Crippen molar-refractivity contribution in [3.05, 3.63) is 0 Å². The van der Waals surface area contributed by atoms with Crippen LogP contribution in [0, 0.1) is 17.8 Å². The quantitative estimate of drug-likeness (QED) is 0.682. The summed E-state index contributed by atoms with van der Waals surface area (Å²) in [5.41, 5.74) is 0. The fraction of sp³-hybridized carbons (Fsp3) is 0.875. The molecule has 0 aromatic heterocycles. The highest BCUT2D eigenvalue weighted by Crippen LogP contribution is 2.15. The Morgan fingerprint density at radius 3 is 1.85 bits per heavy atom. The molecule has 20 heavy (non-hydrogen) atoms. The summed E-state index contributed by atoms with van der Waals surface area (Å²) < 4.78 is 4.71. The number of ether oxygens (including phenoxy) is 1. The molecule has 1 N–H and O–H groups in total. The second-order valence-electron chi connectivity index (χ2n) is 5.82. The van der Waals surface area contributed by atoms with E-state index in [1.54, 1.807) is 0 Å². The second-order valence-corrected chi connectivity index (χ2v) is 5.82. The third kappa shape index (κ3) is 15.0. The van der Waals surface area contributed by atoms with E-state index in [2.05, 4.69) is 13.8 Å². The van der Waals surface area contributed by atoms with Crippen LogP contribution in [0.5, 0.6) is 0 Å². The van der Waals surface area contributed by atoms with E-state index in [0.717, 1.165) is 19.3 Å². The van der Waals surface area contributed by atoms with Crippen LogP contribution in [-0.2, 0) is 14.3 Å². The van der Waals surface area contributed by atoms with E-state index in [-0.39, 0.29) is 11.9 Å². The average molecular weight is 288 g/mol. The molecule has 120 valence electrons. The number of aliphatic carboxylic acids is 1. The minimum absolute atomic E-state index is 0.0903. The first-order valence-electron chi connectivity index (χ1n) is 7.62. The van der Waals surface area contributed by atoms with E-state index in [4.69, 9.17) is 9.84 Å². The third-order valence-corrected chi connectivity index (χ3v) is 2.81. The standard InChI is InChI=1S/C9H18O2.C7H14O2/c1-4-8(9(10)11)6-5-7(2)3;1-4-9-7(8)5-6(2)3/h7-8H,4-6H2,1-3H3,(H,10,11);6H,4-5H2,1-3H3. The van der Waals surface area contributed by atoms with Crippen LogP contribution >= 0.6 is 0 Å². The van der Waals surface area contributed by atoms with Crippen LogP contribution in [0.25, 0.3) is 0 Å². The van der Waals surface area contributed by atoms with Crippen molar-refractivity contribution in [2.24, 2.45) is 17.8 Å². The van der Waals surface area contributed by atoms with E-state index in [1.807, 2.05) is 27.7 Å². The van der Waals surface area contributed by atoms with Crippen molar-refractivity contribution in [1.82, 2.24) is 0 Å². The van der Waals surface area contributed by atoms with Gasteiger partial charge in [-0.1, -0.05) is 41.0 Å². The normalized spacial score (nSPS) is 11.8. The number of esters is 1. The largest absolute Gasteiger partial charge is 0.481 e. The van der Waals surface area contributed by atoms with Gasteiger partial charge in [0.1, 0.15) is 0 Å². The maximum absolute atomic E-state index is 10.6. The highest BCUT2D eigenvalue weighted by Gasteiger charge is 2.14. The lowest BCUT2D eigenvalue weighted by Crippen LogP contribution is -2.13. The number of carbonyl (C=O) groups excluding carboxylic acids is 1. The van der Waals surface area contributed by atoms with Crippen LogP contribution in [0.3, 0.4) is 0 Å². The van der Waals surface area contributed by atoms with Crippen molar-refractivity contribution in [2.45, 2.75) is 67.2 Å². The molecule has 4 heteroatoms. The van der Waals surface area contributed by atoms with Crippen LogP contribution in [0.1, 0.15) is 67.2 Å². The lowest BCUT2D eigenvalue weighted by atomic mass is 9.96. The molecule has 0 radical (unpaired) electrons. The van der Waals surface area contributed by atoms with Crippen molar-refractivity contribution < 1.29 is 19.4 Å². The first-order chi connectivity index (χ1) is 9.24. The van der Waals surface area contributed by atoms with Crippen molar-refractivity contribution >= 4 is 11.9 Å². The monoisotopic (exact) mass is 288 g/mol. The van der Waals surface area contributed by atoms with Gasteiger partial charge in [0.25, 0.3) is 0 Å². The highest BCUT2D eigenvalue weighted by molar-refractivity contribution is 5.69. The summed E-state index contributed by atoms with van der Waals surface area (Å²) in [6, 6.07) is 0. The smallest absolute Gasteiger partial charge is 0.306 e. The van der Waals surface area contributed by atoms with Gasteiger partial charge >= 0.3 is 11.9 Å². The summed E-state index contributed by atoms with van der Waals surface area (Å²) >= 11 is 0. The molecule has 0 aromatic carbocycles. The molecule has 0 heterocycles. The predicted octanol–water partition coefficient (Wildman–Crippen LogP) is 4.13. The Morgan fingerprint density at radius 2 is 1.55 bits per heavy atom. The van der Waals surface area contributed by atoms with Gasteiger partial charge in [0, 0.05) is 6.42 Å². The Bertz CT molecular complexity index is 259. The lowest BCUT2D eigenvalue weighted by Gasteiger charge is -2.10. The van der Waals surface area contributed by atoms with E-state index >= 15 is 0 Å². The molecular formula is C16H32O4. The number of hydrogen-bond acceptors (Lipinski definition) is 3. The van der Waals surface area contributed by atoms with Gasteiger partial charge in [-0.2, -0.15) is 0 Å². The maximum atomic E-state index is 10.6. The summed E-state index contributed by atoms with van der Waals surface area (Å²) in [7, 11) is 0. The molecule has 0 rings (SSSR count). The van der Waals surface area contributed by atoms with Gasteiger partial charge in [-0.05, 0) is 31.6 Å². The summed E-state index contributed by atoms with van der Waals surface area (Å²) in [5.74, 6) is 0.158. The summed E-state index contributed by atoms with van der Waals surface area (Å²) in [4.78, 5) is 21.2. The van der Waals surface area contributed by atoms with Crippen LogP contribution in [0.2, 0.25) is 0 Å². The average Bonchev–Trinajstić information content (AvgIpc) is 2.28. The second kappa shape index (κ2) is 12.9. The van der Waals surface area contributed by atoms with Crippen LogP contribution in [0.4, 0.5) is 0 Å². The number of carboxylic acid groups (broad SMARTS) is 1.